The fourth-order valence-corrected chi connectivity index (χ4v) is 5.85. The van der Waals surface area contributed by atoms with E-state index in [4.69, 9.17) is 16.3 Å². The fraction of sp³-hybridized carbons (Fsp3) is 0.294. The first-order valence-electron chi connectivity index (χ1n) is 8.20. The van der Waals surface area contributed by atoms with Crippen LogP contribution in [0.15, 0.2) is 52.3 Å². The van der Waals surface area contributed by atoms with Crippen molar-refractivity contribution < 1.29 is 21.6 Å². The second kappa shape index (κ2) is 7.67. The van der Waals surface area contributed by atoms with Crippen LogP contribution in [0.4, 0.5) is 5.69 Å². The van der Waals surface area contributed by atoms with Crippen molar-refractivity contribution in [2.24, 2.45) is 0 Å². The maximum atomic E-state index is 12.6. The number of methoxy groups -OCH3 is 1. The van der Waals surface area contributed by atoms with E-state index in [0.29, 0.717) is 13.1 Å². The minimum Gasteiger partial charge on any atom is -0.495 e. The number of rotatable bonds is 6. The fourth-order valence-electron chi connectivity index (χ4n) is 2.84. The third-order valence-corrected chi connectivity index (χ3v) is 7.77. The molecule has 0 saturated carbocycles. The van der Waals surface area contributed by atoms with E-state index in [9.17, 15) is 16.8 Å². The zero-order valence-corrected chi connectivity index (χ0v) is 16.9. The molecule has 1 fully saturated rings. The number of benzene rings is 2. The molecule has 1 saturated heterocycles. The Kier molecular flexibility index (Phi) is 5.66. The summed E-state index contributed by atoms with van der Waals surface area (Å²) in [6, 6.07) is 9.88. The number of anilines is 1. The van der Waals surface area contributed by atoms with E-state index in [2.05, 4.69) is 4.72 Å². The molecule has 0 spiro atoms. The van der Waals surface area contributed by atoms with E-state index in [1.807, 2.05) is 0 Å². The Morgan fingerprint density at radius 3 is 2.22 bits per heavy atom. The third-order valence-electron chi connectivity index (χ3n) is 4.22. The summed E-state index contributed by atoms with van der Waals surface area (Å²) < 4.78 is 59.3. The number of ether oxygens (including phenoxy) is 1. The maximum Gasteiger partial charge on any atom is 0.265 e. The van der Waals surface area contributed by atoms with E-state index in [-0.39, 0.29) is 26.3 Å². The molecule has 0 radical (unpaired) electrons. The van der Waals surface area contributed by atoms with Crippen molar-refractivity contribution in [1.29, 1.82) is 0 Å². The molecule has 0 aliphatic carbocycles. The second-order valence-electron chi connectivity index (χ2n) is 6.04. The number of halogens is 1. The van der Waals surface area contributed by atoms with Gasteiger partial charge in [0.2, 0.25) is 10.0 Å². The minimum absolute atomic E-state index is 0.105. The van der Waals surface area contributed by atoms with Gasteiger partial charge in [0.15, 0.2) is 0 Å². The molecule has 0 amide bonds. The van der Waals surface area contributed by atoms with Crippen LogP contribution in [0, 0.1) is 0 Å². The molecule has 0 aromatic heterocycles. The van der Waals surface area contributed by atoms with Gasteiger partial charge in [0.05, 0.1) is 12.0 Å². The lowest BCUT2D eigenvalue weighted by Gasteiger charge is -2.16. The molecule has 1 N–H and O–H groups in total. The first kappa shape index (κ1) is 19.9. The Morgan fingerprint density at radius 2 is 1.63 bits per heavy atom. The van der Waals surface area contributed by atoms with Gasteiger partial charge in [-0.05, 0) is 55.3 Å². The minimum atomic E-state index is -3.96. The van der Waals surface area contributed by atoms with Crippen LogP contribution in [0.2, 0.25) is 5.02 Å². The van der Waals surface area contributed by atoms with Crippen molar-refractivity contribution in [3.63, 3.8) is 0 Å². The van der Waals surface area contributed by atoms with Gasteiger partial charge in [-0.15, -0.1) is 0 Å². The summed E-state index contributed by atoms with van der Waals surface area (Å²) in [4.78, 5) is 0.0268. The van der Waals surface area contributed by atoms with Gasteiger partial charge in [-0.1, -0.05) is 11.6 Å². The van der Waals surface area contributed by atoms with Crippen LogP contribution >= 0.6 is 11.6 Å². The molecular weight excluding hydrogens is 412 g/mol. The highest BCUT2D eigenvalue weighted by atomic mass is 35.5. The van der Waals surface area contributed by atoms with Gasteiger partial charge in [0, 0.05) is 23.8 Å². The van der Waals surface area contributed by atoms with E-state index >= 15 is 0 Å². The highest BCUT2D eigenvalue weighted by Crippen LogP contribution is 2.29. The smallest absolute Gasteiger partial charge is 0.265 e. The quantitative estimate of drug-likeness (QED) is 0.760. The lowest BCUT2D eigenvalue weighted by atomic mass is 10.3. The van der Waals surface area contributed by atoms with Gasteiger partial charge < -0.3 is 4.74 Å². The maximum absolute atomic E-state index is 12.6. The standard InChI is InChI=1S/C17H19ClN2O5S2/c1-25-16-9-4-13(18)12-17(16)26(21,22)19-14-5-7-15(8-6-14)27(23,24)20-10-2-3-11-20/h4-9,12,19H,2-3,10-11H2,1H3. The van der Waals surface area contributed by atoms with Gasteiger partial charge in [-0.3, -0.25) is 4.72 Å². The Labute approximate surface area is 164 Å². The van der Waals surface area contributed by atoms with E-state index in [0.717, 1.165) is 12.8 Å². The van der Waals surface area contributed by atoms with Crippen molar-refractivity contribution in [3.8, 4) is 5.75 Å². The number of sulfonamides is 2. The van der Waals surface area contributed by atoms with Crippen molar-refractivity contribution in [2.45, 2.75) is 22.6 Å². The zero-order chi connectivity index (χ0) is 19.7. The molecule has 0 bridgehead atoms. The molecule has 1 aliphatic heterocycles. The van der Waals surface area contributed by atoms with Gasteiger partial charge in [-0.2, -0.15) is 4.31 Å². The van der Waals surface area contributed by atoms with Gasteiger partial charge >= 0.3 is 0 Å². The second-order valence-corrected chi connectivity index (χ2v) is 10.1. The van der Waals surface area contributed by atoms with Crippen LogP contribution < -0.4 is 9.46 Å². The molecule has 1 aliphatic rings. The lowest BCUT2D eigenvalue weighted by molar-refractivity contribution is 0.403. The van der Waals surface area contributed by atoms with Crippen molar-refractivity contribution >= 4 is 37.3 Å². The largest absolute Gasteiger partial charge is 0.495 e. The molecule has 2 aromatic carbocycles. The summed E-state index contributed by atoms with van der Waals surface area (Å²) in [5, 5.41) is 0.253. The number of hydrogen-bond donors (Lipinski definition) is 1. The summed E-state index contributed by atoms with van der Waals surface area (Å²) in [6.07, 6.45) is 1.69. The zero-order valence-electron chi connectivity index (χ0n) is 14.6. The van der Waals surface area contributed by atoms with Crippen LogP contribution in [0.25, 0.3) is 0 Å². The first-order valence-corrected chi connectivity index (χ1v) is 11.5. The number of nitrogens with one attached hydrogen (secondary N) is 1. The number of nitrogens with zero attached hydrogens (tertiary/aromatic N) is 1. The topological polar surface area (TPSA) is 92.8 Å². The molecule has 0 unspecified atom stereocenters. The lowest BCUT2D eigenvalue weighted by Crippen LogP contribution is -2.27. The summed E-state index contributed by atoms with van der Waals surface area (Å²) in [5.41, 5.74) is 0.234. The summed E-state index contributed by atoms with van der Waals surface area (Å²) in [7, 11) is -6.15. The van der Waals surface area contributed by atoms with E-state index < -0.39 is 20.0 Å². The summed E-state index contributed by atoms with van der Waals surface area (Å²) in [6.45, 7) is 1.01. The van der Waals surface area contributed by atoms with E-state index in [1.54, 1.807) is 0 Å². The molecule has 10 heteroatoms. The average Bonchev–Trinajstić information content (AvgIpc) is 3.17. The highest BCUT2D eigenvalue weighted by molar-refractivity contribution is 7.92. The van der Waals surface area contributed by atoms with Crippen LogP contribution in [-0.4, -0.2) is 41.3 Å². The van der Waals surface area contributed by atoms with Crippen molar-refractivity contribution in [2.75, 3.05) is 24.9 Å². The molecule has 146 valence electrons. The molecule has 1 heterocycles. The van der Waals surface area contributed by atoms with Crippen molar-refractivity contribution in [3.05, 3.63) is 47.5 Å². The molecule has 2 aromatic rings. The van der Waals surface area contributed by atoms with Crippen LogP contribution in [0.5, 0.6) is 5.75 Å². The summed E-state index contributed by atoms with van der Waals surface area (Å²) >= 11 is 5.90. The average molecular weight is 431 g/mol. The Balaban J connectivity index is 1.85. The van der Waals surface area contributed by atoms with E-state index in [1.165, 1.54) is 53.9 Å². The molecule has 3 rings (SSSR count). The third kappa shape index (κ3) is 4.21. The van der Waals surface area contributed by atoms with Gasteiger partial charge in [0.25, 0.3) is 10.0 Å². The SMILES string of the molecule is COc1ccc(Cl)cc1S(=O)(=O)Nc1ccc(S(=O)(=O)N2CCCC2)cc1. The predicted molar refractivity (Wildman–Crippen MR) is 103 cm³/mol. The molecule has 27 heavy (non-hydrogen) atoms. The molecule has 0 atom stereocenters. The number of hydrogen-bond acceptors (Lipinski definition) is 5. The van der Waals surface area contributed by atoms with Crippen molar-refractivity contribution in [1.82, 2.24) is 4.31 Å². The Hall–Kier alpha value is -1.81. The van der Waals surface area contributed by atoms with Crippen LogP contribution in [0.1, 0.15) is 12.8 Å². The Morgan fingerprint density at radius 1 is 1.00 bits per heavy atom. The molecule has 7 nitrogen and oxygen atoms in total. The first-order chi connectivity index (χ1) is 12.7. The highest BCUT2D eigenvalue weighted by Gasteiger charge is 2.27. The molecular formula is C17H19ClN2O5S2. The predicted octanol–water partition coefficient (Wildman–Crippen LogP) is 2.93. The summed E-state index contributed by atoms with van der Waals surface area (Å²) in [5.74, 6) is 0.153. The van der Waals surface area contributed by atoms with Crippen LogP contribution in [-0.2, 0) is 20.0 Å². The van der Waals surface area contributed by atoms with Crippen LogP contribution in [0.3, 0.4) is 0 Å². The van der Waals surface area contributed by atoms with Gasteiger partial charge in [-0.25, -0.2) is 16.8 Å². The normalized spacial score (nSPS) is 15.6. The Bertz CT molecular complexity index is 1030. The van der Waals surface area contributed by atoms with Gasteiger partial charge in [0.1, 0.15) is 10.6 Å². The monoisotopic (exact) mass is 430 g/mol.